The Kier molecular flexibility index (Phi) is 2.71. The molecule has 2 heterocycles. The highest BCUT2D eigenvalue weighted by Gasteiger charge is 2.29. The molecule has 1 nitrogen and oxygen atoms in total. The Bertz CT molecular complexity index is 465. The molecule has 1 atom stereocenters. The van der Waals surface area contributed by atoms with Gasteiger partial charge in [-0.25, -0.2) is 0 Å². The van der Waals surface area contributed by atoms with Gasteiger partial charge in [-0.05, 0) is 44.4 Å². The van der Waals surface area contributed by atoms with Crippen molar-refractivity contribution >= 4 is 22.7 Å². The SMILES string of the molecule is Cc1ccc(C(C)(O)c2ccsc2C)s1. The number of aryl methyl sites for hydroxylation is 2. The van der Waals surface area contributed by atoms with Gasteiger partial charge in [0.25, 0.3) is 0 Å². The smallest absolute Gasteiger partial charge is 0.122 e. The fraction of sp³-hybridized carbons (Fsp3) is 0.333. The first-order valence-corrected chi connectivity index (χ1v) is 6.55. The zero-order chi connectivity index (χ0) is 11.1. The van der Waals surface area contributed by atoms with Gasteiger partial charge in [0.05, 0.1) is 0 Å². The van der Waals surface area contributed by atoms with E-state index in [2.05, 4.69) is 19.9 Å². The van der Waals surface area contributed by atoms with E-state index >= 15 is 0 Å². The minimum atomic E-state index is -0.844. The molecule has 0 radical (unpaired) electrons. The Hall–Kier alpha value is -0.640. The van der Waals surface area contributed by atoms with Crippen molar-refractivity contribution in [2.75, 3.05) is 0 Å². The molecular weight excluding hydrogens is 224 g/mol. The maximum atomic E-state index is 10.6. The Morgan fingerprint density at radius 1 is 1.20 bits per heavy atom. The Labute approximate surface area is 98.0 Å². The van der Waals surface area contributed by atoms with Crippen LogP contribution < -0.4 is 0 Å². The van der Waals surface area contributed by atoms with Crippen LogP contribution in [0.15, 0.2) is 23.6 Å². The number of thiophene rings is 2. The van der Waals surface area contributed by atoms with Crippen LogP contribution in [0.3, 0.4) is 0 Å². The van der Waals surface area contributed by atoms with Crippen molar-refractivity contribution in [3.05, 3.63) is 43.8 Å². The summed E-state index contributed by atoms with van der Waals surface area (Å²) < 4.78 is 0. The van der Waals surface area contributed by atoms with Crippen molar-refractivity contribution in [3.63, 3.8) is 0 Å². The van der Waals surface area contributed by atoms with Gasteiger partial charge in [-0.1, -0.05) is 0 Å². The predicted molar refractivity (Wildman–Crippen MR) is 66.8 cm³/mol. The molecule has 3 heteroatoms. The molecule has 15 heavy (non-hydrogen) atoms. The fourth-order valence-corrected chi connectivity index (χ4v) is 3.45. The lowest BCUT2D eigenvalue weighted by atomic mass is 9.95. The third-order valence-corrected chi connectivity index (χ3v) is 4.66. The van der Waals surface area contributed by atoms with Gasteiger partial charge in [0.15, 0.2) is 0 Å². The van der Waals surface area contributed by atoms with E-state index in [9.17, 15) is 5.11 Å². The number of aliphatic hydroxyl groups is 1. The topological polar surface area (TPSA) is 20.2 Å². The largest absolute Gasteiger partial charge is 0.380 e. The molecule has 2 rings (SSSR count). The molecule has 0 fully saturated rings. The molecular formula is C12H14OS2. The van der Waals surface area contributed by atoms with Crippen molar-refractivity contribution in [2.45, 2.75) is 26.4 Å². The molecule has 1 unspecified atom stereocenters. The highest BCUT2D eigenvalue weighted by atomic mass is 32.1. The van der Waals surface area contributed by atoms with Crippen molar-refractivity contribution in [3.8, 4) is 0 Å². The van der Waals surface area contributed by atoms with Gasteiger partial charge in [-0.15, -0.1) is 22.7 Å². The lowest BCUT2D eigenvalue weighted by molar-refractivity contribution is 0.106. The molecule has 0 amide bonds. The van der Waals surface area contributed by atoms with Crippen LogP contribution in [0.4, 0.5) is 0 Å². The summed E-state index contributed by atoms with van der Waals surface area (Å²) in [6.45, 7) is 5.98. The summed E-state index contributed by atoms with van der Waals surface area (Å²) in [6, 6.07) is 6.07. The van der Waals surface area contributed by atoms with Gasteiger partial charge in [0.1, 0.15) is 5.60 Å². The standard InChI is InChI=1S/C12H14OS2/c1-8-4-5-11(15-8)12(3,13)10-6-7-14-9(10)2/h4-7,13H,1-3H3. The first-order chi connectivity index (χ1) is 7.01. The second kappa shape index (κ2) is 3.74. The second-order valence-electron chi connectivity index (χ2n) is 3.87. The molecule has 0 bridgehead atoms. The first kappa shape index (κ1) is 10.9. The third kappa shape index (κ3) is 1.87. The van der Waals surface area contributed by atoms with E-state index in [0.717, 1.165) is 10.4 Å². The predicted octanol–water partition coefficient (Wildman–Crippen LogP) is 3.68. The highest BCUT2D eigenvalue weighted by molar-refractivity contribution is 7.12. The van der Waals surface area contributed by atoms with Crippen LogP contribution in [0.1, 0.15) is 27.1 Å². The molecule has 0 aromatic carbocycles. The van der Waals surface area contributed by atoms with Crippen molar-refractivity contribution in [2.24, 2.45) is 0 Å². The molecule has 0 saturated heterocycles. The maximum Gasteiger partial charge on any atom is 0.122 e. The molecule has 0 saturated carbocycles. The molecule has 0 aliphatic rings. The van der Waals surface area contributed by atoms with Gasteiger partial charge < -0.3 is 5.11 Å². The van der Waals surface area contributed by atoms with Crippen LogP contribution in [0.2, 0.25) is 0 Å². The Balaban J connectivity index is 2.47. The minimum Gasteiger partial charge on any atom is -0.380 e. The van der Waals surface area contributed by atoms with Crippen molar-refractivity contribution < 1.29 is 5.11 Å². The average Bonchev–Trinajstić information content (AvgIpc) is 2.74. The van der Waals surface area contributed by atoms with Gasteiger partial charge in [-0.2, -0.15) is 0 Å². The molecule has 2 aromatic rings. The van der Waals surface area contributed by atoms with E-state index < -0.39 is 5.60 Å². The van der Waals surface area contributed by atoms with E-state index in [4.69, 9.17) is 0 Å². The van der Waals surface area contributed by atoms with E-state index in [0.29, 0.717) is 0 Å². The van der Waals surface area contributed by atoms with E-state index in [1.165, 1.54) is 9.75 Å². The zero-order valence-corrected chi connectivity index (χ0v) is 10.7. The molecule has 1 N–H and O–H groups in total. The first-order valence-electron chi connectivity index (χ1n) is 4.85. The van der Waals surface area contributed by atoms with Crippen molar-refractivity contribution in [1.82, 2.24) is 0 Å². The molecule has 0 aliphatic carbocycles. The van der Waals surface area contributed by atoms with E-state index in [-0.39, 0.29) is 0 Å². The van der Waals surface area contributed by atoms with Gasteiger partial charge >= 0.3 is 0 Å². The maximum absolute atomic E-state index is 10.6. The molecule has 0 aliphatic heterocycles. The Morgan fingerprint density at radius 2 is 1.93 bits per heavy atom. The summed E-state index contributed by atoms with van der Waals surface area (Å²) in [4.78, 5) is 3.44. The summed E-state index contributed by atoms with van der Waals surface area (Å²) >= 11 is 3.33. The normalized spacial score (nSPS) is 15.2. The van der Waals surface area contributed by atoms with Crippen molar-refractivity contribution in [1.29, 1.82) is 0 Å². The van der Waals surface area contributed by atoms with Crippen LogP contribution in [0, 0.1) is 13.8 Å². The number of hydrogen-bond donors (Lipinski definition) is 1. The number of hydrogen-bond acceptors (Lipinski definition) is 3. The third-order valence-electron chi connectivity index (χ3n) is 2.60. The summed E-state index contributed by atoms with van der Waals surface area (Å²) in [7, 11) is 0. The molecule has 80 valence electrons. The minimum absolute atomic E-state index is 0.844. The quantitative estimate of drug-likeness (QED) is 0.846. The zero-order valence-electron chi connectivity index (χ0n) is 9.07. The van der Waals surface area contributed by atoms with E-state index in [1.807, 2.05) is 24.4 Å². The van der Waals surface area contributed by atoms with Crippen LogP contribution in [0.5, 0.6) is 0 Å². The lowest BCUT2D eigenvalue weighted by Gasteiger charge is -2.22. The Morgan fingerprint density at radius 3 is 2.40 bits per heavy atom. The number of rotatable bonds is 2. The average molecular weight is 238 g/mol. The van der Waals surface area contributed by atoms with Gasteiger partial charge in [0.2, 0.25) is 0 Å². The molecule has 0 spiro atoms. The summed E-state index contributed by atoms with van der Waals surface area (Å²) in [5.74, 6) is 0. The van der Waals surface area contributed by atoms with Crippen LogP contribution in [-0.2, 0) is 5.60 Å². The fourth-order valence-electron chi connectivity index (χ4n) is 1.72. The summed E-state index contributed by atoms with van der Waals surface area (Å²) in [5, 5.41) is 12.6. The van der Waals surface area contributed by atoms with Gasteiger partial charge in [-0.3, -0.25) is 0 Å². The summed E-state index contributed by atoms with van der Waals surface area (Å²) in [5.41, 5.74) is 0.178. The highest BCUT2D eigenvalue weighted by Crippen LogP contribution is 2.36. The van der Waals surface area contributed by atoms with Gasteiger partial charge in [0, 0.05) is 20.2 Å². The van der Waals surface area contributed by atoms with Crippen LogP contribution in [0.25, 0.3) is 0 Å². The second-order valence-corrected chi connectivity index (χ2v) is 6.28. The van der Waals surface area contributed by atoms with Crippen LogP contribution in [-0.4, -0.2) is 5.11 Å². The molecule has 2 aromatic heterocycles. The monoisotopic (exact) mass is 238 g/mol. The lowest BCUT2D eigenvalue weighted by Crippen LogP contribution is -2.21. The van der Waals surface area contributed by atoms with Crippen LogP contribution >= 0.6 is 22.7 Å². The van der Waals surface area contributed by atoms with E-state index in [1.54, 1.807) is 22.7 Å². The summed E-state index contributed by atoms with van der Waals surface area (Å²) in [6.07, 6.45) is 0.